The summed E-state index contributed by atoms with van der Waals surface area (Å²) >= 11 is 0. The molecular weight excluding hydrogens is 432 g/mol. The summed E-state index contributed by atoms with van der Waals surface area (Å²) in [6.07, 6.45) is 1.81. The molecule has 3 aromatic carbocycles. The Balaban J connectivity index is 1.39. The quantitative estimate of drug-likeness (QED) is 0.287. The Morgan fingerprint density at radius 1 is 1.00 bits per heavy atom. The van der Waals surface area contributed by atoms with Gasteiger partial charge in [0.2, 0.25) is 0 Å². The topological polar surface area (TPSA) is 99.3 Å². The van der Waals surface area contributed by atoms with Crippen LogP contribution in [0.2, 0.25) is 0 Å². The van der Waals surface area contributed by atoms with Crippen LogP contribution < -0.4 is 10.1 Å². The number of aromatic nitrogens is 2. The van der Waals surface area contributed by atoms with Gasteiger partial charge in [-0.15, -0.1) is 0 Å². The minimum Gasteiger partial charge on any atom is -0.482 e. The lowest BCUT2D eigenvalue weighted by atomic mass is 10.1. The first-order valence-corrected chi connectivity index (χ1v) is 10.7. The zero-order chi connectivity index (χ0) is 24.1. The van der Waals surface area contributed by atoms with E-state index in [4.69, 9.17) is 4.74 Å². The van der Waals surface area contributed by atoms with Gasteiger partial charge in [-0.05, 0) is 48.7 Å². The van der Waals surface area contributed by atoms with Crippen LogP contribution in [0.15, 0.2) is 79.0 Å². The molecule has 4 rings (SSSR count). The van der Waals surface area contributed by atoms with Crippen molar-refractivity contribution in [2.24, 2.45) is 0 Å². The first-order chi connectivity index (χ1) is 16.4. The second-order valence-electron chi connectivity index (χ2n) is 8.06. The molecule has 8 heteroatoms. The van der Waals surface area contributed by atoms with E-state index < -0.39 is 4.92 Å². The van der Waals surface area contributed by atoms with Crippen LogP contribution in [0.3, 0.4) is 0 Å². The van der Waals surface area contributed by atoms with Gasteiger partial charge in [0, 0.05) is 23.9 Å². The molecule has 1 heterocycles. The zero-order valence-corrected chi connectivity index (χ0v) is 18.9. The molecule has 0 bridgehead atoms. The van der Waals surface area contributed by atoms with Gasteiger partial charge in [-0.3, -0.25) is 19.6 Å². The fraction of sp³-hybridized carbons (Fsp3) is 0.154. The molecule has 0 atom stereocenters. The molecule has 172 valence electrons. The van der Waals surface area contributed by atoms with Gasteiger partial charge in [-0.2, -0.15) is 5.10 Å². The number of hydrogen-bond donors (Lipinski definition) is 1. The number of aryl methyl sites for hydroxylation is 2. The van der Waals surface area contributed by atoms with Crippen molar-refractivity contribution in [2.75, 3.05) is 5.32 Å². The van der Waals surface area contributed by atoms with Crippen molar-refractivity contribution in [3.63, 3.8) is 0 Å². The fourth-order valence-electron chi connectivity index (χ4n) is 3.44. The lowest BCUT2D eigenvalue weighted by molar-refractivity contribution is -0.386. The molecule has 1 amide bonds. The van der Waals surface area contributed by atoms with E-state index in [2.05, 4.69) is 22.5 Å². The van der Waals surface area contributed by atoms with Crippen molar-refractivity contribution in [2.45, 2.75) is 27.0 Å². The number of rotatable bonds is 8. The highest BCUT2D eigenvalue weighted by Gasteiger charge is 2.16. The Morgan fingerprint density at radius 2 is 1.76 bits per heavy atom. The fourth-order valence-corrected chi connectivity index (χ4v) is 3.44. The number of anilines is 1. The first kappa shape index (κ1) is 22.7. The third-order valence-electron chi connectivity index (χ3n) is 5.24. The van der Waals surface area contributed by atoms with Crippen molar-refractivity contribution in [1.82, 2.24) is 9.78 Å². The minimum absolute atomic E-state index is 0.0879. The number of carbonyl (C=O) groups is 1. The summed E-state index contributed by atoms with van der Waals surface area (Å²) in [6, 6.07) is 21.7. The van der Waals surface area contributed by atoms with Crippen LogP contribution >= 0.6 is 0 Å². The lowest BCUT2D eigenvalue weighted by Gasteiger charge is -2.09. The van der Waals surface area contributed by atoms with E-state index in [1.54, 1.807) is 54.1 Å². The van der Waals surface area contributed by atoms with Crippen LogP contribution in [0.4, 0.5) is 11.5 Å². The second kappa shape index (κ2) is 9.99. The normalized spacial score (nSPS) is 10.6. The highest BCUT2D eigenvalue weighted by molar-refractivity contribution is 6.03. The summed E-state index contributed by atoms with van der Waals surface area (Å²) in [5, 5.41) is 18.5. The highest BCUT2D eigenvalue weighted by Crippen LogP contribution is 2.28. The van der Waals surface area contributed by atoms with E-state index >= 15 is 0 Å². The largest absolute Gasteiger partial charge is 0.482 e. The Labute approximate surface area is 197 Å². The van der Waals surface area contributed by atoms with Crippen LogP contribution in [0.5, 0.6) is 5.75 Å². The molecule has 34 heavy (non-hydrogen) atoms. The summed E-state index contributed by atoms with van der Waals surface area (Å²) in [5.41, 5.74) is 4.16. The molecule has 0 aliphatic heterocycles. The Morgan fingerprint density at radius 3 is 2.53 bits per heavy atom. The number of carbonyl (C=O) groups excluding carboxylic acids is 1. The van der Waals surface area contributed by atoms with Gasteiger partial charge >= 0.3 is 5.69 Å². The van der Waals surface area contributed by atoms with E-state index in [1.807, 2.05) is 25.3 Å². The number of benzene rings is 3. The van der Waals surface area contributed by atoms with E-state index in [-0.39, 0.29) is 24.0 Å². The second-order valence-corrected chi connectivity index (χ2v) is 8.06. The van der Waals surface area contributed by atoms with Crippen molar-refractivity contribution in [1.29, 1.82) is 0 Å². The van der Waals surface area contributed by atoms with E-state index in [0.29, 0.717) is 23.5 Å². The van der Waals surface area contributed by atoms with Crippen molar-refractivity contribution < 1.29 is 14.5 Å². The molecule has 1 aromatic heterocycles. The number of hydrogen-bond acceptors (Lipinski definition) is 5. The molecule has 0 aliphatic carbocycles. The third kappa shape index (κ3) is 5.66. The van der Waals surface area contributed by atoms with E-state index in [0.717, 1.165) is 11.1 Å². The molecule has 0 unspecified atom stereocenters. The van der Waals surface area contributed by atoms with Crippen LogP contribution in [-0.2, 0) is 13.2 Å². The first-order valence-electron chi connectivity index (χ1n) is 10.7. The Kier molecular flexibility index (Phi) is 6.68. The lowest BCUT2D eigenvalue weighted by Crippen LogP contribution is -2.13. The summed E-state index contributed by atoms with van der Waals surface area (Å²) in [7, 11) is 0. The third-order valence-corrected chi connectivity index (χ3v) is 5.24. The van der Waals surface area contributed by atoms with Crippen molar-refractivity contribution in [3.05, 3.63) is 117 Å². The van der Waals surface area contributed by atoms with E-state index in [9.17, 15) is 14.9 Å². The number of nitro groups is 1. The number of nitrogens with zero attached hydrogens (tertiary/aromatic N) is 3. The number of nitrogens with one attached hydrogen (secondary N) is 1. The van der Waals surface area contributed by atoms with Crippen LogP contribution in [-0.4, -0.2) is 20.6 Å². The standard InChI is InChI=1S/C26H24N4O4/c1-18-6-9-20(10-7-18)16-29-13-12-25(28-29)27-26(31)22-5-3-4-21(15-22)17-34-24-11-8-19(2)14-23(24)30(32)33/h3-15H,16-17H2,1-2H3,(H,27,28,31). The van der Waals surface area contributed by atoms with E-state index in [1.165, 1.54) is 11.6 Å². The molecule has 0 aliphatic rings. The van der Waals surface area contributed by atoms with Crippen molar-refractivity contribution in [3.8, 4) is 5.75 Å². The van der Waals surface area contributed by atoms with Gasteiger partial charge < -0.3 is 10.1 Å². The van der Waals surface area contributed by atoms with Crippen LogP contribution in [0, 0.1) is 24.0 Å². The summed E-state index contributed by atoms with van der Waals surface area (Å²) < 4.78 is 7.43. The van der Waals surface area contributed by atoms with Gasteiger partial charge in [0.25, 0.3) is 5.91 Å². The molecule has 0 fully saturated rings. The molecule has 0 saturated heterocycles. The summed E-state index contributed by atoms with van der Waals surface area (Å²) in [6.45, 7) is 4.52. The molecule has 8 nitrogen and oxygen atoms in total. The summed E-state index contributed by atoms with van der Waals surface area (Å²) in [5.74, 6) is 0.336. The van der Waals surface area contributed by atoms with Crippen LogP contribution in [0.25, 0.3) is 0 Å². The maximum atomic E-state index is 12.7. The predicted molar refractivity (Wildman–Crippen MR) is 129 cm³/mol. The van der Waals surface area contributed by atoms with Gasteiger partial charge in [-0.25, -0.2) is 0 Å². The molecule has 0 radical (unpaired) electrons. The average molecular weight is 457 g/mol. The molecule has 4 aromatic rings. The highest BCUT2D eigenvalue weighted by atomic mass is 16.6. The smallest absolute Gasteiger partial charge is 0.311 e. The Hall–Kier alpha value is -4.46. The van der Waals surface area contributed by atoms with Gasteiger partial charge in [0.1, 0.15) is 6.61 Å². The maximum Gasteiger partial charge on any atom is 0.311 e. The van der Waals surface area contributed by atoms with Gasteiger partial charge in [0.05, 0.1) is 11.5 Å². The monoisotopic (exact) mass is 456 g/mol. The molecule has 0 saturated carbocycles. The van der Waals surface area contributed by atoms with Crippen molar-refractivity contribution >= 4 is 17.4 Å². The van der Waals surface area contributed by atoms with Gasteiger partial charge in [-0.1, -0.05) is 48.0 Å². The minimum atomic E-state index is -0.468. The predicted octanol–water partition coefficient (Wildman–Crippen LogP) is 5.29. The number of ether oxygens (including phenoxy) is 1. The average Bonchev–Trinajstić information content (AvgIpc) is 3.26. The number of amides is 1. The number of nitro benzene ring substituents is 1. The Bertz CT molecular complexity index is 1330. The van der Waals surface area contributed by atoms with Gasteiger partial charge in [0.15, 0.2) is 11.6 Å². The molecule has 0 spiro atoms. The van der Waals surface area contributed by atoms with Crippen LogP contribution in [0.1, 0.15) is 32.6 Å². The zero-order valence-electron chi connectivity index (χ0n) is 18.9. The molecule has 1 N–H and O–H groups in total. The molecular formula is C26H24N4O4. The SMILES string of the molecule is Cc1ccc(Cn2ccc(NC(=O)c3cccc(COc4ccc(C)cc4[N+](=O)[O-])c3)n2)cc1. The summed E-state index contributed by atoms with van der Waals surface area (Å²) in [4.78, 5) is 23.6. The maximum absolute atomic E-state index is 12.7.